The van der Waals surface area contributed by atoms with Crippen molar-refractivity contribution in [2.75, 3.05) is 0 Å². The monoisotopic (exact) mass is 660 g/mol. The van der Waals surface area contributed by atoms with Gasteiger partial charge in [-0.15, -0.1) is 0 Å². The SMILES string of the molecule is CCCCCCCCCc1c(C)cccc1Oc1ccc(C(C)(C)c2ccc(Oc3cccc(C)c3CCCCCCCCC)cc2)cc1. The molecule has 4 aromatic rings. The minimum absolute atomic E-state index is 0.158. The number of hydrogen-bond acceptors (Lipinski definition) is 2. The molecule has 0 aliphatic heterocycles. The normalized spacial score (nSPS) is 11.6. The van der Waals surface area contributed by atoms with Crippen LogP contribution in [0.3, 0.4) is 0 Å². The van der Waals surface area contributed by atoms with Crippen LogP contribution in [0.2, 0.25) is 0 Å². The summed E-state index contributed by atoms with van der Waals surface area (Å²) in [6.45, 7) is 13.6. The van der Waals surface area contributed by atoms with Crippen molar-refractivity contribution in [2.24, 2.45) is 0 Å². The van der Waals surface area contributed by atoms with E-state index in [0.29, 0.717) is 0 Å². The molecule has 4 rings (SSSR count). The third-order valence-electron chi connectivity index (χ3n) is 10.4. The second-order valence-corrected chi connectivity index (χ2v) is 14.7. The van der Waals surface area contributed by atoms with Crippen LogP contribution < -0.4 is 9.47 Å². The first-order chi connectivity index (χ1) is 23.8. The van der Waals surface area contributed by atoms with Crippen molar-refractivity contribution in [1.29, 1.82) is 0 Å². The van der Waals surface area contributed by atoms with Gasteiger partial charge >= 0.3 is 0 Å². The predicted octanol–water partition coefficient (Wildman–Crippen LogP) is 14.8. The second kappa shape index (κ2) is 20.2. The number of ether oxygens (including phenoxy) is 2. The van der Waals surface area contributed by atoms with Gasteiger partial charge < -0.3 is 9.47 Å². The fraction of sp³-hybridized carbons (Fsp3) is 0.489. The van der Waals surface area contributed by atoms with Crippen molar-refractivity contribution >= 4 is 0 Å². The molecule has 4 aromatic carbocycles. The fourth-order valence-corrected chi connectivity index (χ4v) is 7.00. The Morgan fingerprint density at radius 2 is 0.776 bits per heavy atom. The van der Waals surface area contributed by atoms with Crippen molar-refractivity contribution in [3.63, 3.8) is 0 Å². The summed E-state index contributed by atoms with van der Waals surface area (Å²) in [6, 6.07) is 30.3. The summed E-state index contributed by atoms with van der Waals surface area (Å²) in [5.74, 6) is 3.76. The zero-order chi connectivity index (χ0) is 34.9. The summed E-state index contributed by atoms with van der Waals surface area (Å²) < 4.78 is 13.0. The van der Waals surface area contributed by atoms with Crippen molar-refractivity contribution < 1.29 is 9.47 Å². The average molecular weight is 661 g/mol. The van der Waals surface area contributed by atoms with Crippen LogP contribution in [0.4, 0.5) is 0 Å². The summed E-state index contributed by atoms with van der Waals surface area (Å²) in [6.07, 6.45) is 20.6. The van der Waals surface area contributed by atoms with Crippen LogP contribution in [0.15, 0.2) is 84.9 Å². The summed E-state index contributed by atoms with van der Waals surface area (Å²) in [5.41, 5.74) is 7.69. The Labute approximate surface area is 299 Å². The number of hydrogen-bond donors (Lipinski definition) is 0. The van der Waals surface area contributed by atoms with E-state index >= 15 is 0 Å². The van der Waals surface area contributed by atoms with Gasteiger partial charge in [-0.3, -0.25) is 0 Å². The number of rotatable bonds is 22. The highest BCUT2D eigenvalue weighted by molar-refractivity contribution is 5.47. The molecule has 0 aliphatic carbocycles. The lowest BCUT2D eigenvalue weighted by atomic mass is 9.78. The molecule has 0 amide bonds. The maximum Gasteiger partial charge on any atom is 0.130 e. The van der Waals surface area contributed by atoms with Crippen LogP contribution in [-0.4, -0.2) is 0 Å². The van der Waals surface area contributed by atoms with Gasteiger partial charge in [0.05, 0.1) is 0 Å². The molecule has 2 heteroatoms. The molecular weight excluding hydrogens is 597 g/mol. The number of aryl methyl sites for hydroxylation is 2. The first-order valence-electron chi connectivity index (χ1n) is 19.6. The lowest BCUT2D eigenvalue weighted by Gasteiger charge is -2.26. The van der Waals surface area contributed by atoms with Crippen LogP contribution in [0.1, 0.15) is 151 Å². The third kappa shape index (κ3) is 11.8. The first-order valence-corrected chi connectivity index (χ1v) is 19.6. The van der Waals surface area contributed by atoms with E-state index in [-0.39, 0.29) is 5.41 Å². The summed E-state index contributed by atoms with van der Waals surface area (Å²) in [4.78, 5) is 0. The van der Waals surface area contributed by atoms with Crippen LogP contribution in [0.25, 0.3) is 0 Å². The van der Waals surface area contributed by atoms with Gasteiger partial charge in [0.1, 0.15) is 23.0 Å². The third-order valence-corrected chi connectivity index (χ3v) is 10.4. The summed E-state index contributed by atoms with van der Waals surface area (Å²) in [5, 5.41) is 0. The second-order valence-electron chi connectivity index (χ2n) is 14.7. The van der Waals surface area contributed by atoms with Gasteiger partial charge in [0.2, 0.25) is 0 Å². The van der Waals surface area contributed by atoms with Crippen molar-refractivity contribution in [1.82, 2.24) is 0 Å². The van der Waals surface area contributed by atoms with Crippen molar-refractivity contribution in [3.05, 3.63) is 118 Å². The van der Waals surface area contributed by atoms with E-state index in [9.17, 15) is 0 Å². The minimum Gasteiger partial charge on any atom is -0.457 e. The maximum atomic E-state index is 6.50. The molecule has 0 fully saturated rings. The molecule has 0 bridgehead atoms. The van der Waals surface area contributed by atoms with Gasteiger partial charge in [-0.1, -0.05) is 153 Å². The van der Waals surface area contributed by atoms with Gasteiger partial charge in [0.15, 0.2) is 0 Å². The summed E-state index contributed by atoms with van der Waals surface area (Å²) >= 11 is 0. The molecular formula is C47H64O2. The molecule has 0 aliphatic rings. The van der Waals surface area contributed by atoms with Crippen molar-refractivity contribution in [2.45, 2.75) is 150 Å². The first kappa shape index (κ1) is 38.3. The van der Waals surface area contributed by atoms with E-state index in [4.69, 9.17) is 9.47 Å². The Morgan fingerprint density at radius 3 is 1.14 bits per heavy atom. The van der Waals surface area contributed by atoms with Crippen LogP contribution in [0.5, 0.6) is 23.0 Å². The highest BCUT2D eigenvalue weighted by Gasteiger charge is 2.23. The lowest BCUT2D eigenvalue weighted by Crippen LogP contribution is -2.18. The van der Waals surface area contributed by atoms with Gasteiger partial charge in [0, 0.05) is 5.41 Å². The zero-order valence-corrected chi connectivity index (χ0v) is 31.7. The molecule has 0 unspecified atom stereocenters. The molecule has 0 N–H and O–H groups in total. The Balaban J connectivity index is 1.35. The molecule has 0 aromatic heterocycles. The van der Waals surface area contributed by atoms with E-state index in [1.54, 1.807) is 0 Å². The fourth-order valence-electron chi connectivity index (χ4n) is 7.00. The van der Waals surface area contributed by atoms with Gasteiger partial charge in [-0.05, 0) is 109 Å². The minimum atomic E-state index is -0.158. The maximum absolute atomic E-state index is 6.50. The average Bonchev–Trinajstić information content (AvgIpc) is 3.10. The summed E-state index contributed by atoms with van der Waals surface area (Å²) in [7, 11) is 0. The van der Waals surface area contributed by atoms with Crippen molar-refractivity contribution in [3.8, 4) is 23.0 Å². The van der Waals surface area contributed by atoms with E-state index < -0.39 is 0 Å². The van der Waals surface area contributed by atoms with E-state index in [1.165, 1.54) is 123 Å². The molecule has 0 heterocycles. The Hall–Kier alpha value is -3.52. The van der Waals surface area contributed by atoms with Gasteiger partial charge in [-0.2, -0.15) is 0 Å². The van der Waals surface area contributed by atoms with E-state index in [2.05, 4.69) is 126 Å². The molecule has 264 valence electrons. The molecule has 0 saturated heterocycles. The largest absolute Gasteiger partial charge is 0.457 e. The molecule has 0 radical (unpaired) electrons. The van der Waals surface area contributed by atoms with E-state index in [0.717, 1.165) is 35.8 Å². The molecule has 0 spiro atoms. The van der Waals surface area contributed by atoms with Gasteiger partial charge in [0.25, 0.3) is 0 Å². The standard InChI is InChI=1S/C47H64O2/c1-7-9-11-13-15-17-19-25-43-37(3)23-21-27-45(43)48-41-33-29-39(30-34-41)47(5,6)40-31-35-42(36-32-40)49-46-28-22-24-38(4)44(46)26-20-18-16-14-12-10-8-2/h21-24,27-36H,7-20,25-26H2,1-6H3. The Bertz CT molecular complexity index is 1400. The predicted molar refractivity (Wildman–Crippen MR) is 211 cm³/mol. The number of benzene rings is 4. The molecule has 0 atom stereocenters. The number of unbranched alkanes of at least 4 members (excludes halogenated alkanes) is 12. The Kier molecular flexibility index (Phi) is 15.8. The molecule has 0 saturated carbocycles. The zero-order valence-electron chi connectivity index (χ0n) is 31.7. The van der Waals surface area contributed by atoms with Crippen LogP contribution in [0, 0.1) is 13.8 Å². The highest BCUT2D eigenvalue weighted by Crippen LogP contribution is 2.36. The topological polar surface area (TPSA) is 18.5 Å². The van der Waals surface area contributed by atoms with Crippen LogP contribution >= 0.6 is 0 Å². The quantitative estimate of drug-likeness (QED) is 0.0781. The van der Waals surface area contributed by atoms with Gasteiger partial charge in [-0.25, -0.2) is 0 Å². The smallest absolute Gasteiger partial charge is 0.130 e. The van der Waals surface area contributed by atoms with Crippen LogP contribution in [-0.2, 0) is 18.3 Å². The molecule has 2 nitrogen and oxygen atoms in total. The highest BCUT2D eigenvalue weighted by atomic mass is 16.5. The lowest BCUT2D eigenvalue weighted by molar-refractivity contribution is 0.472. The Morgan fingerprint density at radius 1 is 0.429 bits per heavy atom. The molecule has 49 heavy (non-hydrogen) atoms. The van der Waals surface area contributed by atoms with E-state index in [1.807, 2.05) is 0 Å².